The number of para-hydroxylation sites is 1. The number of amides is 1. The molecular weight excluding hydrogens is 357 g/mol. The van der Waals surface area contributed by atoms with Gasteiger partial charge in [0.25, 0.3) is 5.91 Å². The smallest absolute Gasteiger partial charge is 0.260 e. The largest absolute Gasteiger partial charge is 0.478 e. The van der Waals surface area contributed by atoms with Gasteiger partial charge in [0.1, 0.15) is 0 Å². The minimum absolute atomic E-state index is 0.0471. The molecule has 1 aromatic carbocycles. The van der Waals surface area contributed by atoms with E-state index < -0.39 is 11.9 Å². The average molecular weight is 392 g/mol. The number of piperazine rings is 1. The number of hydrogen-bond donors (Lipinski definition) is 1. The van der Waals surface area contributed by atoms with Crippen LogP contribution in [0.2, 0.25) is 0 Å². The molecule has 1 aliphatic heterocycles. The summed E-state index contributed by atoms with van der Waals surface area (Å²) < 4.78 is 19.3. The van der Waals surface area contributed by atoms with Gasteiger partial charge < -0.3 is 15.0 Å². The van der Waals surface area contributed by atoms with Crippen LogP contribution in [-0.4, -0.2) is 66.6 Å². The molecule has 2 fully saturated rings. The summed E-state index contributed by atoms with van der Waals surface area (Å²) in [5.41, 5.74) is 0.0471. The van der Waals surface area contributed by atoms with Crippen molar-refractivity contribution >= 4 is 5.91 Å². The molecular formula is C22H34FN3O2. The van der Waals surface area contributed by atoms with E-state index in [1.807, 2.05) is 0 Å². The van der Waals surface area contributed by atoms with E-state index in [1.54, 1.807) is 25.1 Å². The Morgan fingerprint density at radius 3 is 2.50 bits per heavy atom. The molecule has 28 heavy (non-hydrogen) atoms. The van der Waals surface area contributed by atoms with E-state index in [-0.39, 0.29) is 17.2 Å². The summed E-state index contributed by atoms with van der Waals surface area (Å²) in [5.74, 6) is -0.506. The number of ether oxygens (including phenoxy) is 1. The van der Waals surface area contributed by atoms with E-state index in [2.05, 4.69) is 22.0 Å². The molecule has 1 atom stereocenters. The molecule has 0 radical (unpaired) electrons. The van der Waals surface area contributed by atoms with E-state index in [1.165, 1.54) is 25.3 Å². The van der Waals surface area contributed by atoms with Crippen LogP contribution in [0.25, 0.3) is 0 Å². The molecule has 1 aromatic rings. The first-order chi connectivity index (χ1) is 13.5. The van der Waals surface area contributed by atoms with E-state index in [4.69, 9.17) is 4.74 Å². The van der Waals surface area contributed by atoms with Gasteiger partial charge in [-0.25, -0.2) is 4.39 Å². The number of rotatable bonds is 7. The summed E-state index contributed by atoms with van der Waals surface area (Å²) in [5, 5.41) is 3.11. The molecule has 1 saturated heterocycles. The van der Waals surface area contributed by atoms with Crippen LogP contribution in [0.15, 0.2) is 24.3 Å². The Hall–Kier alpha value is -1.66. The highest BCUT2D eigenvalue weighted by atomic mass is 19.1. The number of nitrogens with one attached hydrogen (secondary N) is 1. The quantitative estimate of drug-likeness (QED) is 0.776. The lowest BCUT2D eigenvalue weighted by Crippen LogP contribution is -2.62. The Kier molecular flexibility index (Phi) is 7.30. The normalized spacial score (nSPS) is 21.8. The van der Waals surface area contributed by atoms with Gasteiger partial charge in [0.05, 0.1) is 0 Å². The summed E-state index contributed by atoms with van der Waals surface area (Å²) >= 11 is 0. The molecule has 1 aliphatic carbocycles. The van der Waals surface area contributed by atoms with Crippen molar-refractivity contribution in [1.29, 1.82) is 0 Å². The van der Waals surface area contributed by atoms with Crippen LogP contribution in [-0.2, 0) is 4.79 Å². The van der Waals surface area contributed by atoms with Gasteiger partial charge in [-0.05, 0) is 38.4 Å². The maximum Gasteiger partial charge on any atom is 0.260 e. The lowest BCUT2D eigenvalue weighted by molar-refractivity contribution is -0.128. The van der Waals surface area contributed by atoms with Crippen LogP contribution in [0.4, 0.5) is 4.39 Å². The molecule has 0 spiro atoms. The number of carbonyl (C=O) groups excluding carboxylic acids is 1. The van der Waals surface area contributed by atoms with Crippen molar-refractivity contribution in [1.82, 2.24) is 15.1 Å². The highest BCUT2D eigenvalue weighted by Crippen LogP contribution is 2.34. The standard InChI is InChI=1S/C22H34FN3O2/c1-3-25-13-15-26(16-14-25)22(11-7-4-8-12-22)17-24-21(27)18(2)28-20-10-6-5-9-19(20)23/h5-6,9-10,18H,3-4,7-8,11-17H2,1-2H3,(H,24,27). The summed E-state index contributed by atoms with van der Waals surface area (Å²) in [6.07, 6.45) is 5.23. The minimum atomic E-state index is -0.727. The number of likely N-dealkylation sites (N-methyl/N-ethyl adjacent to an activating group) is 1. The fourth-order valence-electron chi connectivity index (χ4n) is 4.53. The highest BCUT2D eigenvalue weighted by Gasteiger charge is 2.39. The Balaban J connectivity index is 1.58. The van der Waals surface area contributed by atoms with Crippen LogP contribution in [0.3, 0.4) is 0 Å². The Morgan fingerprint density at radius 2 is 1.86 bits per heavy atom. The van der Waals surface area contributed by atoms with Crippen molar-refractivity contribution < 1.29 is 13.9 Å². The average Bonchev–Trinajstić information content (AvgIpc) is 2.74. The van der Waals surface area contributed by atoms with Gasteiger partial charge in [0, 0.05) is 38.3 Å². The fraction of sp³-hybridized carbons (Fsp3) is 0.682. The summed E-state index contributed by atoms with van der Waals surface area (Å²) in [7, 11) is 0. The molecule has 1 amide bonds. The minimum Gasteiger partial charge on any atom is -0.478 e. The SMILES string of the molecule is CCN1CCN(C2(CNC(=O)C(C)Oc3ccccc3F)CCCCC2)CC1. The van der Waals surface area contributed by atoms with Crippen molar-refractivity contribution in [2.75, 3.05) is 39.3 Å². The Labute approximate surface area is 168 Å². The Bertz CT molecular complexity index is 640. The second-order valence-corrected chi connectivity index (χ2v) is 8.11. The zero-order valence-corrected chi connectivity index (χ0v) is 17.3. The second kappa shape index (κ2) is 9.70. The molecule has 1 heterocycles. The topological polar surface area (TPSA) is 44.8 Å². The predicted molar refractivity (Wildman–Crippen MR) is 109 cm³/mol. The van der Waals surface area contributed by atoms with E-state index >= 15 is 0 Å². The van der Waals surface area contributed by atoms with E-state index in [9.17, 15) is 9.18 Å². The first-order valence-electron chi connectivity index (χ1n) is 10.7. The van der Waals surface area contributed by atoms with Crippen molar-refractivity contribution in [2.24, 2.45) is 0 Å². The van der Waals surface area contributed by atoms with Gasteiger partial charge in [-0.3, -0.25) is 9.69 Å². The summed E-state index contributed by atoms with van der Waals surface area (Å²) in [4.78, 5) is 17.7. The molecule has 1 unspecified atom stereocenters. The van der Waals surface area contributed by atoms with Gasteiger partial charge in [-0.15, -0.1) is 0 Å². The zero-order chi connectivity index (χ0) is 20.0. The lowest BCUT2D eigenvalue weighted by atomic mass is 9.79. The lowest BCUT2D eigenvalue weighted by Gasteiger charge is -2.50. The first kappa shape index (κ1) is 21.1. The molecule has 6 heteroatoms. The zero-order valence-electron chi connectivity index (χ0n) is 17.3. The third kappa shape index (κ3) is 5.03. The number of halogens is 1. The predicted octanol–water partition coefficient (Wildman–Crippen LogP) is 3.05. The van der Waals surface area contributed by atoms with Gasteiger partial charge in [0.2, 0.25) is 0 Å². The molecule has 0 bridgehead atoms. The highest BCUT2D eigenvalue weighted by molar-refractivity contribution is 5.80. The maximum absolute atomic E-state index is 13.8. The van der Waals surface area contributed by atoms with E-state index in [0.717, 1.165) is 45.6 Å². The van der Waals surface area contributed by atoms with Crippen molar-refractivity contribution in [2.45, 2.75) is 57.6 Å². The van der Waals surface area contributed by atoms with Crippen LogP contribution in [0, 0.1) is 5.82 Å². The molecule has 1 saturated carbocycles. The third-order valence-electron chi connectivity index (χ3n) is 6.38. The Morgan fingerprint density at radius 1 is 1.18 bits per heavy atom. The third-order valence-corrected chi connectivity index (χ3v) is 6.38. The first-order valence-corrected chi connectivity index (χ1v) is 10.7. The maximum atomic E-state index is 13.8. The number of hydrogen-bond acceptors (Lipinski definition) is 4. The van der Waals surface area contributed by atoms with Crippen molar-refractivity contribution in [3.8, 4) is 5.75 Å². The van der Waals surface area contributed by atoms with Crippen LogP contribution < -0.4 is 10.1 Å². The van der Waals surface area contributed by atoms with Crippen LogP contribution in [0.1, 0.15) is 46.0 Å². The number of carbonyl (C=O) groups is 1. The summed E-state index contributed by atoms with van der Waals surface area (Å²) in [6.45, 7) is 9.94. The summed E-state index contributed by atoms with van der Waals surface area (Å²) in [6, 6.07) is 6.20. The molecule has 5 nitrogen and oxygen atoms in total. The van der Waals surface area contributed by atoms with Crippen LogP contribution in [0.5, 0.6) is 5.75 Å². The number of nitrogens with zero attached hydrogens (tertiary/aromatic N) is 2. The molecule has 0 aromatic heterocycles. The van der Waals surface area contributed by atoms with Crippen LogP contribution >= 0.6 is 0 Å². The van der Waals surface area contributed by atoms with Gasteiger partial charge in [-0.1, -0.05) is 38.3 Å². The van der Waals surface area contributed by atoms with Crippen molar-refractivity contribution in [3.05, 3.63) is 30.1 Å². The monoisotopic (exact) mass is 391 g/mol. The second-order valence-electron chi connectivity index (χ2n) is 8.11. The van der Waals surface area contributed by atoms with E-state index in [0.29, 0.717) is 6.54 Å². The molecule has 2 aliphatic rings. The van der Waals surface area contributed by atoms with Crippen molar-refractivity contribution in [3.63, 3.8) is 0 Å². The molecule has 156 valence electrons. The number of benzene rings is 1. The molecule has 1 N–H and O–H groups in total. The van der Waals surface area contributed by atoms with Gasteiger partial charge >= 0.3 is 0 Å². The van der Waals surface area contributed by atoms with Gasteiger partial charge in [0.15, 0.2) is 17.7 Å². The molecule has 3 rings (SSSR count). The fourth-order valence-corrected chi connectivity index (χ4v) is 4.53. The van der Waals surface area contributed by atoms with Gasteiger partial charge in [-0.2, -0.15) is 0 Å².